The summed E-state index contributed by atoms with van der Waals surface area (Å²) in [6.07, 6.45) is -0.626. The summed E-state index contributed by atoms with van der Waals surface area (Å²) in [6.45, 7) is 6.09. The maximum atomic E-state index is 10.6. The number of benzene rings is 2. The number of rotatable bonds is 6. The first kappa shape index (κ1) is 16.0. The van der Waals surface area contributed by atoms with Crippen LogP contribution in [-0.2, 0) is 6.54 Å². The minimum Gasteiger partial charge on any atom is -0.384 e. The van der Waals surface area contributed by atoms with Gasteiger partial charge in [-0.2, -0.15) is 0 Å². The number of hydrogen-bond donors (Lipinski definition) is 2. The molecular formula is C18H22ClNO. The number of hydrogen-bond acceptors (Lipinski definition) is 2. The van der Waals surface area contributed by atoms with Crippen LogP contribution in [0.1, 0.15) is 36.6 Å². The predicted octanol–water partition coefficient (Wildman–Crippen LogP) is 4.17. The molecule has 2 nitrogen and oxygen atoms in total. The van der Waals surface area contributed by atoms with E-state index in [2.05, 4.69) is 25.2 Å². The quantitative estimate of drug-likeness (QED) is 0.839. The lowest BCUT2D eigenvalue weighted by Gasteiger charge is -2.17. The highest BCUT2D eigenvalue weighted by Crippen LogP contribution is 2.26. The fraction of sp³-hybridized carbons (Fsp3) is 0.333. The molecule has 0 aliphatic rings. The van der Waals surface area contributed by atoms with Crippen LogP contribution >= 0.6 is 11.6 Å². The summed E-state index contributed by atoms with van der Waals surface area (Å²) < 4.78 is 0. The van der Waals surface area contributed by atoms with Crippen LogP contribution in [0, 0.1) is 5.92 Å². The normalized spacial score (nSPS) is 12.6. The maximum absolute atomic E-state index is 10.6. The van der Waals surface area contributed by atoms with E-state index in [9.17, 15) is 5.11 Å². The maximum Gasteiger partial charge on any atom is 0.104 e. The molecule has 0 saturated carbocycles. The van der Waals surface area contributed by atoms with Gasteiger partial charge in [-0.3, -0.25) is 0 Å². The minimum atomic E-state index is -0.626. The molecule has 2 N–H and O–H groups in total. The SMILES string of the molecule is CC(C)CNCc1ccccc1[C@@H](O)c1ccc(Cl)cc1. The average Bonchev–Trinajstić information content (AvgIpc) is 2.47. The van der Waals surface area contributed by atoms with Crippen molar-refractivity contribution in [2.75, 3.05) is 6.54 Å². The van der Waals surface area contributed by atoms with Crippen LogP contribution in [0.5, 0.6) is 0 Å². The van der Waals surface area contributed by atoms with Crippen molar-refractivity contribution < 1.29 is 5.11 Å². The Morgan fingerprint density at radius 3 is 2.38 bits per heavy atom. The van der Waals surface area contributed by atoms with E-state index in [-0.39, 0.29) is 0 Å². The average molecular weight is 304 g/mol. The third-order valence-electron chi connectivity index (χ3n) is 3.40. The van der Waals surface area contributed by atoms with E-state index in [1.165, 1.54) is 0 Å². The molecule has 0 unspecified atom stereocenters. The first-order chi connectivity index (χ1) is 10.1. The van der Waals surface area contributed by atoms with Gasteiger partial charge in [0.1, 0.15) is 6.10 Å². The van der Waals surface area contributed by atoms with Crippen LogP contribution in [0.4, 0.5) is 0 Å². The molecule has 2 aromatic carbocycles. The van der Waals surface area contributed by atoms with Crippen LogP contribution in [0.3, 0.4) is 0 Å². The first-order valence-corrected chi connectivity index (χ1v) is 7.67. The third-order valence-corrected chi connectivity index (χ3v) is 3.66. The first-order valence-electron chi connectivity index (χ1n) is 7.30. The van der Waals surface area contributed by atoms with Gasteiger partial charge in [-0.1, -0.05) is 61.8 Å². The lowest BCUT2D eigenvalue weighted by Crippen LogP contribution is -2.20. The molecule has 1 atom stereocenters. The van der Waals surface area contributed by atoms with Gasteiger partial charge in [-0.05, 0) is 41.3 Å². The van der Waals surface area contributed by atoms with Crippen molar-refractivity contribution in [1.29, 1.82) is 0 Å². The second-order valence-electron chi connectivity index (χ2n) is 5.68. The topological polar surface area (TPSA) is 32.3 Å². The van der Waals surface area contributed by atoms with Gasteiger partial charge < -0.3 is 10.4 Å². The van der Waals surface area contributed by atoms with Crippen LogP contribution < -0.4 is 5.32 Å². The molecule has 0 bridgehead atoms. The summed E-state index contributed by atoms with van der Waals surface area (Å²) >= 11 is 5.90. The van der Waals surface area contributed by atoms with Crippen molar-refractivity contribution in [3.05, 3.63) is 70.2 Å². The molecule has 2 rings (SSSR count). The Morgan fingerprint density at radius 1 is 1.05 bits per heavy atom. The number of aliphatic hydroxyl groups is 1. The fourth-order valence-electron chi connectivity index (χ4n) is 2.28. The molecular weight excluding hydrogens is 282 g/mol. The van der Waals surface area contributed by atoms with E-state index in [4.69, 9.17) is 11.6 Å². The van der Waals surface area contributed by atoms with Gasteiger partial charge in [-0.25, -0.2) is 0 Å². The van der Waals surface area contributed by atoms with Gasteiger partial charge in [-0.15, -0.1) is 0 Å². The third kappa shape index (κ3) is 4.57. The Labute approximate surface area is 131 Å². The lowest BCUT2D eigenvalue weighted by molar-refractivity contribution is 0.219. The molecule has 0 aromatic heterocycles. The molecule has 21 heavy (non-hydrogen) atoms. The van der Waals surface area contributed by atoms with Gasteiger partial charge >= 0.3 is 0 Å². The van der Waals surface area contributed by atoms with Crippen molar-refractivity contribution in [3.8, 4) is 0 Å². The zero-order chi connectivity index (χ0) is 15.2. The molecule has 0 radical (unpaired) electrons. The number of nitrogens with one attached hydrogen (secondary N) is 1. The smallest absolute Gasteiger partial charge is 0.104 e. The summed E-state index contributed by atoms with van der Waals surface area (Å²) in [7, 11) is 0. The van der Waals surface area contributed by atoms with Gasteiger partial charge in [0.05, 0.1) is 0 Å². The molecule has 0 amide bonds. The Balaban J connectivity index is 2.16. The summed E-state index contributed by atoms with van der Waals surface area (Å²) in [4.78, 5) is 0. The van der Waals surface area contributed by atoms with Gasteiger partial charge in [0.25, 0.3) is 0 Å². The lowest BCUT2D eigenvalue weighted by atomic mass is 9.96. The Kier molecular flexibility index (Phi) is 5.80. The van der Waals surface area contributed by atoms with Crippen LogP contribution in [0.2, 0.25) is 5.02 Å². The van der Waals surface area contributed by atoms with Crippen molar-refractivity contribution in [3.63, 3.8) is 0 Å². The number of halogens is 1. The summed E-state index contributed by atoms with van der Waals surface area (Å²) in [5, 5.41) is 14.7. The molecule has 112 valence electrons. The summed E-state index contributed by atoms with van der Waals surface area (Å²) in [6, 6.07) is 15.3. The number of aliphatic hydroxyl groups excluding tert-OH is 1. The van der Waals surface area contributed by atoms with E-state index in [0.717, 1.165) is 29.8 Å². The highest BCUT2D eigenvalue weighted by atomic mass is 35.5. The second-order valence-corrected chi connectivity index (χ2v) is 6.11. The van der Waals surface area contributed by atoms with Crippen LogP contribution in [0.25, 0.3) is 0 Å². The molecule has 0 heterocycles. The van der Waals surface area contributed by atoms with E-state index < -0.39 is 6.10 Å². The van der Waals surface area contributed by atoms with Gasteiger partial charge in [0.2, 0.25) is 0 Å². The van der Waals surface area contributed by atoms with Crippen molar-refractivity contribution in [1.82, 2.24) is 5.32 Å². The molecule has 0 aliphatic carbocycles. The Bertz CT molecular complexity index is 566. The van der Waals surface area contributed by atoms with Crippen molar-refractivity contribution in [2.24, 2.45) is 5.92 Å². The van der Waals surface area contributed by atoms with E-state index >= 15 is 0 Å². The largest absolute Gasteiger partial charge is 0.384 e. The van der Waals surface area contributed by atoms with Crippen LogP contribution in [-0.4, -0.2) is 11.7 Å². The van der Waals surface area contributed by atoms with E-state index in [1.54, 1.807) is 12.1 Å². The standard InChI is InChI=1S/C18H22ClNO/c1-13(2)11-20-12-15-5-3-4-6-17(15)18(21)14-7-9-16(19)10-8-14/h3-10,13,18,20-21H,11-12H2,1-2H3/t18-/m0/s1. The Hall–Kier alpha value is -1.35. The zero-order valence-corrected chi connectivity index (χ0v) is 13.3. The molecule has 3 heteroatoms. The van der Waals surface area contributed by atoms with Gasteiger partial charge in [0.15, 0.2) is 0 Å². The molecule has 0 fully saturated rings. The highest BCUT2D eigenvalue weighted by Gasteiger charge is 2.14. The van der Waals surface area contributed by atoms with E-state index in [1.807, 2.05) is 30.3 Å². The van der Waals surface area contributed by atoms with Crippen LogP contribution in [0.15, 0.2) is 48.5 Å². The second kappa shape index (κ2) is 7.60. The van der Waals surface area contributed by atoms with Gasteiger partial charge in [0, 0.05) is 11.6 Å². The van der Waals surface area contributed by atoms with E-state index in [0.29, 0.717) is 10.9 Å². The molecule has 0 saturated heterocycles. The molecule has 2 aromatic rings. The molecule has 0 spiro atoms. The summed E-state index contributed by atoms with van der Waals surface area (Å²) in [5.74, 6) is 0.610. The van der Waals surface area contributed by atoms with Crippen molar-refractivity contribution >= 4 is 11.6 Å². The monoisotopic (exact) mass is 303 g/mol. The fourth-order valence-corrected chi connectivity index (χ4v) is 2.41. The van der Waals surface area contributed by atoms with Crippen molar-refractivity contribution in [2.45, 2.75) is 26.5 Å². The highest BCUT2D eigenvalue weighted by molar-refractivity contribution is 6.30. The summed E-state index contributed by atoms with van der Waals surface area (Å²) in [5.41, 5.74) is 2.92. The Morgan fingerprint density at radius 2 is 1.71 bits per heavy atom. The predicted molar refractivity (Wildman–Crippen MR) is 88.5 cm³/mol. The zero-order valence-electron chi connectivity index (χ0n) is 12.5. The molecule has 0 aliphatic heterocycles. The minimum absolute atomic E-state index is 0.610.